The van der Waals surface area contributed by atoms with Crippen molar-refractivity contribution in [3.8, 4) is 11.5 Å². The van der Waals surface area contributed by atoms with Crippen LogP contribution in [0.3, 0.4) is 0 Å². The fraction of sp³-hybridized carbons (Fsp3) is 0.364. The first-order valence-corrected chi connectivity index (χ1v) is 10.1. The van der Waals surface area contributed by atoms with Gasteiger partial charge in [-0.25, -0.2) is 0 Å². The summed E-state index contributed by atoms with van der Waals surface area (Å²) in [5.74, 6) is 0.334. The van der Waals surface area contributed by atoms with Gasteiger partial charge in [-0.3, -0.25) is 9.59 Å². The number of ketones is 2. The van der Waals surface area contributed by atoms with Crippen molar-refractivity contribution in [3.05, 3.63) is 58.7 Å². The minimum absolute atomic E-state index is 0.239. The van der Waals surface area contributed by atoms with Gasteiger partial charge >= 0.3 is 0 Å². The number of ether oxygens (including phenoxy) is 2. The van der Waals surface area contributed by atoms with Crippen LogP contribution in [0.15, 0.2) is 36.4 Å². The van der Waals surface area contributed by atoms with E-state index in [0.29, 0.717) is 86.2 Å². The Bertz CT molecular complexity index is 827. The summed E-state index contributed by atoms with van der Waals surface area (Å²) in [7, 11) is 0. The summed E-state index contributed by atoms with van der Waals surface area (Å²) in [5.41, 5.74) is 12.2. The summed E-state index contributed by atoms with van der Waals surface area (Å²) in [6.45, 7) is 4.37. The zero-order chi connectivity index (χ0) is 21.3. The summed E-state index contributed by atoms with van der Waals surface area (Å²) < 4.78 is 11.6. The number of hydrogen-bond donors (Lipinski definition) is 4. The standard InChI is InChI=1S/C22H28N4O4/c23-7-9-25-11-13-29-17-5-1-3-15-19(17)22(28)16-4-2-6-18(20(16)21(15)27)30-14-12-26-10-8-24/h1-6,25-26H,7-14,23-24H2. The molecule has 0 aliphatic heterocycles. The molecule has 0 heterocycles. The van der Waals surface area contributed by atoms with E-state index in [1.807, 2.05) is 0 Å². The van der Waals surface area contributed by atoms with Crippen LogP contribution in [0, 0.1) is 0 Å². The quantitative estimate of drug-likeness (QED) is 0.313. The first-order valence-electron chi connectivity index (χ1n) is 10.1. The van der Waals surface area contributed by atoms with Gasteiger partial charge in [-0.1, -0.05) is 24.3 Å². The summed E-state index contributed by atoms with van der Waals surface area (Å²) in [5, 5.41) is 6.26. The first kappa shape index (κ1) is 21.9. The maximum atomic E-state index is 13.2. The Morgan fingerprint density at radius 3 is 1.50 bits per heavy atom. The molecule has 3 rings (SSSR count). The van der Waals surface area contributed by atoms with E-state index in [0.717, 1.165) is 0 Å². The number of nitrogens with two attached hydrogens (primary N) is 2. The van der Waals surface area contributed by atoms with Crippen molar-refractivity contribution >= 4 is 11.6 Å². The molecule has 0 spiro atoms. The Morgan fingerprint density at radius 2 is 1.10 bits per heavy atom. The highest BCUT2D eigenvalue weighted by Gasteiger charge is 2.34. The van der Waals surface area contributed by atoms with Crippen LogP contribution < -0.4 is 31.6 Å². The average Bonchev–Trinajstić information content (AvgIpc) is 2.77. The van der Waals surface area contributed by atoms with E-state index in [1.165, 1.54) is 0 Å². The predicted molar refractivity (Wildman–Crippen MR) is 115 cm³/mol. The van der Waals surface area contributed by atoms with E-state index >= 15 is 0 Å². The van der Waals surface area contributed by atoms with Gasteiger partial charge < -0.3 is 31.6 Å². The second kappa shape index (κ2) is 10.8. The number of rotatable bonds is 12. The average molecular weight is 412 g/mol. The molecular formula is C22H28N4O4. The number of hydrogen-bond acceptors (Lipinski definition) is 8. The predicted octanol–water partition coefficient (Wildman–Crippen LogP) is 0.316. The SMILES string of the molecule is NCCNCCOc1cccc2c1C(=O)c1cccc(OCCNCCN)c1C2=O. The molecule has 0 saturated carbocycles. The lowest BCUT2D eigenvalue weighted by molar-refractivity contribution is 0.0972. The van der Waals surface area contributed by atoms with E-state index < -0.39 is 0 Å². The Labute approximate surface area is 175 Å². The monoisotopic (exact) mass is 412 g/mol. The Balaban J connectivity index is 1.80. The van der Waals surface area contributed by atoms with E-state index in [9.17, 15) is 9.59 Å². The summed E-state index contributed by atoms with van der Waals surface area (Å²) >= 11 is 0. The van der Waals surface area contributed by atoms with Gasteiger partial charge in [-0.05, 0) is 12.1 Å². The van der Waals surface area contributed by atoms with Gasteiger partial charge in [0.25, 0.3) is 0 Å². The van der Waals surface area contributed by atoms with Crippen LogP contribution in [0.2, 0.25) is 0 Å². The van der Waals surface area contributed by atoms with Crippen LogP contribution in [0.5, 0.6) is 11.5 Å². The molecule has 8 heteroatoms. The molecule has 0 amide bonds. The van der Waals surface area contributed by atoms with Crippen LogP contribution in [0.1, 0.15) is 31.8 Å². The molecule has 0 bridgehead atoms. The molecular weight excluding hydrogens is 384 g/mol. The summed E-state index contributed by atoms with van der Waals surface area (Å²) in [6.07, 6.45) is 0. The maximum absolute atomic E-state index is 13.2. The lowest BCUT2D eigenvalue weighted by Crippen LogP contribution is -2.28. The van der Waals surface area contributed by atoms with E-state index in [1.54, 1.807) is 36.4 Å². The van der Waals surface area contributed by atoms with Crippen molar-refractivity contribution in [1.82, 2.24) is 10.6 Å². The van der Waals surface area contributed by atoms with Crippen molar-refractivity contribution in [3.63, 3.8) is 0 Å². The van der Waals surface area contributed by atoms with Gasteiger partial charge in [0, 0.05) is 50.4 Å². The molecule has 1 aliphatic rings. The number of nitrogens with one attached hydrogen (secondary N) is 2. The molecule has 0 saturated heterocycles. The summed E-state index contributed by atoms with van der Waals surface area (Å²) in [6, 6.07) is 10.2. The third-order valence-corrected chi connectivity index (χ3v) is 4.71. The van der Waals surface area contributed by atoms with Crippen molar-refractivity contribution in [2.45, 2.75) is 0 Å². The molecule has 1 aliphatic carbocycles. The third-order valence-electron chi connectivity index (χ3n) is 4.71. The van der Waals surface area contributed by atoms with Crippen LogP contribution in [-0.4, -0.2) is 64.0 Å². The highest BCUT2D eigenvalue weighted by atomic mass is 16.5. The lowest BCUT2D eigenvalue weighted by atomic mass is 9.83. The smallest absolute Gasteiger partial charge is 0.198 e. The van der Waals surface area contributed by atoms with Crippen molar-refractivity contribution in [1.29, 1.82) is 0 Å². The molecule has 0 atom stereocenters. The van der Waals surface area contributed by atoms with Crippen molar-refractivity contribution in [2.24, 2.45) is 11.5 Å². The second-order valence-corrected chi connectivity index (χ2v) is 6.79. The van der Waals surface area contributed by atoms with Gasteiger partial charge in [0.1, 0.15) is 24.7 Å². The fourth-order valence-electron chi connectivity index (χ4n) is 3.34. The normalized spacial score (nSPS) is 12.5. The molecule has 0 unspecified atom stereocenters. The fourth-order valence-corrected chi connectivity index (χ4v) is 3.34. The topological polar surface area (TPSA) is 129 Å². The Hall–Kier alpha value is -2.78. The zero-order valence-corrected chi connectivity index (χ0v) is 16.9. The first-order chi connectivity index (χ1) is 14.7. The minimum atomic E-state index is -0.239. The molecule has 2 aromatic carbocycles. The van der Waals surface area contributed by atoms with Gasteiger partial charge in [0.05, 0.1) is 11.1 Å². The molecule has 0 aromatic heterocycles. The van der Waals surface area contributed by atoms with Crippen LogP contribution >= 0.6 is 0 Å². The van der Waals surface area contributed by atoms with Crippen LogP contribution in [0.4, 0.5) is 0 Å². The number of fused-ring (bicyclic) bond motifs is 2. The van der Waals surface area contributed by atoms with Gasteiger partial charge in [-0.2, -0.15) is 0 Å². The van der Waals surface area contributed by atoms with Gasteiger partial charge in [0.2, 0.25) is 0 Å². The highest BCUT2D eigenvalue weighted by Crippen LogP contribution is 2.37. The number of benzene rings is 2. The van der Waals surface area contributed by atoms with Gasteiger partial charge in [0.15, 0.2) is 11.6 Å². The Morgan fingerprint density at radius 1 is 0.667 bits per heavy atom. The minimum Gasteiger partial charge on any atom is -0.491 e. The Kier molecular flexibility index (Phi) is 7.92. The largest absolute Gasteiger partial charge is 0.491 e. The number of carbonyl (C=O) groups is 2. The molecule has 30 heavy (non-hydrogen) atoms. The van der Waals surface area contributed by atoms with Crippen LogP contribution in [-0.2, 0) is 0 Å². The third kappa shape index (κ3) is 4.85. The molecule has 8 nitrogen and oxygen atoms in total. The highest BCUT2D eigenvalue weighted by molar-refractivity contribution is 6.30. The lowest BCUT2D eigenvalue weighted by Gasteiger charge is -2.22. The van der Waals surface area contributed by atoms with Gasteiger partial charge in [-0.15, -0.1) is 0 Å². The summed E-state index contributed by atoms with van der Waals surface area (Å²) in [4.78, 5) is 26.5. The molecule has 0 fully saturated rings. The molecule has 2 aromatic rings. The maximum Gasteiger partial charge on any atom is 0.198 e. The van der Waals surface area contributed by atoms with Crippen LogP contribution in [0.25, 0.3) is 0 Å². The van der Waals surface area contributed by atoms with E-state index in [2.05, 4.69) is 10.6 Å². The van der Waals surface area contributed by atoms with E-state index in [-0.39, 0.29) is 11.6 Å². The van der Waals surface area contributed by atoms with E-state index in [4.69, 9.17) is 20.9 Å². The van der Waals surface area contributed by atoms with Crippen molar-refractivity contribution < 1.29 is 19.1 Å². The van der Waals surface area contributed by atoms with Crippen molar-refractivity contribution in [2.75, 3.05) is 52.5 Å². The molecule has 160 valence electrons. The zero-order valence-electron chi connectivity index (χ0n) is 16.9. The number of carbonyl (C=O) groups excluding carboxylic acids is 2. The molecule has 6 N–H and O–H groups in total. The second-order valence-electron chi connectivity index (χ2n) is 6.79. The molecule has 0 radical (unpaired) electrons.